The highest BCUT2D eigenvalue weighted by atomic mass is 16.4. The van der Waals surface area contributed by atoms with Crippen LogP contribution in [0.2, 0.25) is 0 Å². The molecule has 0 aliphatic carbocycles. The minimum Gasteiger partial charge on any atom is -0.481 e. The van der Waals surface area contributed by atoms with Gasteiger partial charge in [0.05, 0.1) is 12.5 Å². The molecule has 6 heteroatoms. The molecular formula is C14H26N2O4. The number of aliphatic hydroxyl groups is 1. The van der Waals surface area contributed by atoms with Gasteiger partial charge in [-0.25, -0.2) is 4.79 Å². The van der Waals surface area contributed by atoms with Gasteiger partial charge in [0, 0.05) is 25.2 Å². The predicted octanol–water partition coefficient (Wildman–Crippen LogP) is 1.38. The number of carbonyl (C=O) groups excluding carboxylic acids is 1. The van der Waals surface area contributed by atoms with Crippen LogP contribution in [-0.4, -0.2) is 63.3 Å². The number of likely N-dealkylation sites (tertiary alicyclic amines) is 1. The van der Waals surface area contributed by atoms with Gasteiger partial charge in [-0.2, -0.15) is 0 Å². The van der Waals surface area contributed by atoms with Gasteiger partial charge in [0.1, 0.15) is 0 Å². The molecule has 2 atom stereocenters. The summed E-state index contributed by atoms with van der Waals surface area (Å²) < 4.78 is 0. The van der Waals surface area contributed by atoms with Crippen molar-refractivity contribution >= 4 is 12.0 Å². The molecule has 1 heterocycles. The summed E-state index contributed by atoms with van der Waals surface area (Å²) in [5.74, 6) is -0.858. The molecule has 0 aromatic carbocycles. The minimum atomic E-state index is -0.908. The van der Waals surface area contributed by atoms with Gasteiger partial charge in [0.15, 0.2) is 0 Å². The van der Waals surface area contributed by atoms with Crippen molar-refractivity contribution < 1.29 is 19.8 Å². The topological polar surface area (TPSA) is 81.1 Å². The maximum Gasteiger partial charge on any atom is 0.320 e. The Labute approximate surface area is 120 Å². The molecule has 0 aromatic heterocycles. The van der Waals surface area contributed by atoms with E-state index in [1.165, 1.54) is 0 Å². The van der Waals surface area contributed by atoms with Crippen LogP contribution >= 0.6 is 0 Å². The number of aliphatic hydroxyl groups excluding tert-OH is 1. The summed E-state index contributed by atoms with van der Waals surface area (Å²) in [5.41, 5.74) is -0.425. The molecule has 2 N–H and O–H groups in total. The van der Waals surface area contributed by atoms with Gasteiger partial charge in [0.25, 0.3) is 0 Å². The zero-order chi connectivity index (χ0) is 15.5. The van der Waals surface area contributed by atoms with Crippen LogP contribution in [0, 0.1) is 5.92 Å². The Kier molecular flexibility index (Phi) is 5.39. The molecule has 0 radical (unpaired) electrons. The van der Waals surface area contributed by atoms with Crippen LogP contribution < -0.4 is 0 Å². The summed E-state index contributed by atoms with van der Waals surface area (Å²) in [6, 6.07) is -0.141. The molecule has 0 saturated carbocycles. The van der Waals surface area contributed by atoms with Gasteiger partial charge in [-0.05, 0) is 33.1 Å². The van der Waals surface area contributed by atoms with Crippen LogP contribution in [0.4, 0.5) is 4.79 Å². The first-order valence-electron chi connectivity index (χ1n) is 7.09. The Balaban J connectivity index is 2.75. The number of hydrogen-bond donors (Lipinski definition) is 2. The molecule has 6 nitrogen and oxygen atoms in total. The largest absolute Gasteiger partial charge is 0.481 e. The van der Waals surface area contributed by atoms with E-state index in [0.717, 1.165) is 0 Å². The van der Waals surface area contributed by atoms with Crippen molar-refractivity contribution in [3.05, 3.63) is 0 Å². The number of carboxylic acid groups (broad SMARTS) is 1. The number of carbonyl (C=O) groups is 2. The van der Waals surface area contributed by atoms with Crippen LogP contribution in [0.3, 0.4) is 0 Å². The van der Waals surface area contributed by atoms with E-state index in [0.29, 0.717) is 19.5 Å². The molecule has 1 aliphatic rings. The Morgan fingerprint density at radius 2 is 1.95 bits per heavy atom. The lowest BCUT2D eigenvalue weighted by Crippen LogP contribution is -2.55. The standard InChI is InChI=1S/C14H26N2O4/c1-10-9-15(7-5-11(10)17)13(20)16(14(2,3)4)8-6-12(18)19/h10-11,17H,5-9H2,1-4H3,(H,18,19). The SMILES string of the molecule is CC1CN(C(=O)N(CCC(=O)O)C(C)(C)C)CCC1O. The van der Waals surface area contributed by atoms with Gasteiger partial charge in [-0.15, -0.1) is 0 Å². The zero-order valence-electron chi connectivity index (χ0n) is 12.8. The summed E-state index contributed by atoms with van der Waals surface area (Å²) in [5, 5.41) is 18.5. The molecule has 1 aliphatic heterocycles. The third-order valence-corrected chi connectivity index (χ3v) is 3.72. The van der Waals surface area contributed by atoms with E-state index in [1.807, 2.05) is 27.7 Å². The van der Waals surface area contributed by atoms with Crippen LogP contribution in [0.1, 0.15) is 40.5 Å². The number of amides is 2. The van der Waals surface area contributed by atoms with E-state index < -0.39 is 11.5 Å². The van der Waals surface area contributed by atoms with Crippen molar-refractivity contribution in [2.75, 3.05) is 19.6 Å². The molecule has 116 valence electrons. The Morgan fingerprint density at radius 3 is 2.40 bits per heavy atom. The number of carboxylic acids is 1. The van der Waals surface area contributed by atoms with E-state index in [2.05, 4.69) is 0 Å². The lowest BCUT2D eigenvalue weighted by Gasteiger charge is -2.42. The van der Waals surface area contributed by atoms with E-state index in [9.17, 15) is 14.7 Å². The number of urea groups is 1. The van der Waals surface area contributed by atoms with Gasteiger partial charge < -0.3 is 20.0 Å². The second-order valence-corrected chi connectivity index (χ2v) is 6.53. The quantitative estimate of drug-likeness (QED) is 0.821. The van der Waals surface area contributed by atoms with Gasteiger partial charge in [-0.1, -0.05) is 6.92 Å². The van der Waals surface area contributed by atoms with Crippen molar-refractivity contribution in [1.29, 1.82) is 0 Å². The molecule has 0 spiro atoms. The van der Waals surface area contributed by atoms with E-state index in [1.54, 1.807) is 9.80 Å². The summed E-state index contributed by atoms with van der Waals surface area (Å²) in [6.45, 7) is 8.84. The van der Waals surface area contributed by atoms with Crippen molar-refractivity contribution in [1.82, 2.24) is 9.80 Å². The Bertz CT molecular complexity index is 365. The van der Waals surface area contributed by atoms with Gasteiger partial charge in [-0.3, -0.25) is 4.79 Å². The molecule has 1 fully saturated rings. The molecule has 20 heavy (non-hydrogen) atoms. The van der Waals surface area contributed by atoms with Crippen molar-refractivity contribution in [2.45, 2.75) is 52.2 Å². The molecule has 0 bridgehead atoms. The predicted molar refractivity (Wildman–Crippen MR) is 75.5 cm³/mol. The van der Waals surface area contributed by atoms with Crippen molar-refractivity contribution in [2.24, 2.45) is 5.92 Å². The highest BCUT2D eigenvalue weighted by molar-refractivity contribution is 5.76. The van der Waals surface area contributed by atoms with E-state index in [-0.39, 0.29) is 31.0 Å². The molecular weight excluding hydrogens is 260 g/mol. The van der Waals surface area contributed by atoms with E-state index in [4.69, 9.17) is 5.11 Å². The fourth-order valence-electron chi connectivity index (χ4n) is 2.40. The first-order chi connectivity index (χ1) is 9.12. The second kappa shape index (κ2) is 6.43. The number of hydrogen-bond acceptors (Lipinski definition) is 3. The average molecular weight is 286 g/mol. The number of nitrogens with zero attached hydrogens (tertiary/aromatic N) is 2. The zero-order valence-corrected chi connectivity index (χ0v) is 12.8. The maximum absolute atomic E-state index is 12.6. The van der Waals surface area contributed by atoms with Gasteiger partial charge in [0.2, 0.25) is 0 Å². The Hall–Kier alpha value is -1.30. The van der Waals surface area contributed by atoms with Crippen molar-refractivity contribution in [3.63, 3.8) is 0 Å². The van der Waals surface area contributed by atoms with Crippen LogP contribution in [0.25, 0.3) is 0 Å². The third kappa shape index (κ3) is 4.37. The summed E-state index contributed by atoms with van der Waals surface area (Å²) in [6.07, 6.45) is 0.153. The number of aliphatic carboxylic acids is 1. The monoisotopic (exact) mass is 286 g/mol. The number of rotatable bonds is 3. The van der Waals surface area contributed by atoms with Crippen LogP contribution in [0.5, 0.6) is 0 Å². The van der Waals surface area contributed by atoms with Crippen LogP contribution in [0.15, 0.2) is 0 Å². The van der Waals surface area contributed by atoms with E-state index >= 15 is 0 Å². The lowest BCUT2D eigenvalue weighted by atomic mass is 9.97. The van der Waals surface area contributed by atoms with Crippen molar-refractivity contribution in [3.8, 4) is 0 Å². The second-order valence-electron chi connectivity index (χ2n) is 6.53. The highest BCUT2D eigenvalue weighted by Crippen LogP contribution is 2.22. The first kappa shape index (κ1) is 16.8. The Morgan fingerprint density at radius 1 is 1.35 bits per heavy atom. The van der Waals surface area contributed by atoms with Crippen LogP contribution in [-0.2, 0) is 4.79 Å². The smallest absolute Gasteiger partial charge is 0.320 e. The molecule has 2 unspecified atom stereocenters. The minimum absolute atomic E-state index is 0.0500. The maximum atomic E-state index is 12.6. The van der Waals surface area contributed by atoms with Gasteiger partial charge >= 0.3 is 12.0 Å². The normalized spacial score (nSPS) is 23.6. The average Bonchev–Trinajstić information content (AvgIpc) is 2.30. The first-order valence-corrected chi connectivity index (χ1v) is 7.09. The molecule has 1 rings (SSSR count). The molecule has 2 amide bonds. The lowest BCUT2D eigenvalue weighted by molar-refractivity contribution is -0.137. The third-order valence-electron chi connectivity index (χ3n) is 3.72. The fourth-order valence-corrected chi connectivity index (χ4v) is 2.40. The molecule has 0 aromatic rings. The number of piperidine rings is 1. The fraction of sp³-hybridized carbons (Fsp3) is 0.857. The highest BCUT2D eigenvalue weighted by Gasteiger charge is 2.34. The summed E-state index contributed by atoms with van der Waals surface area (Å²) >= 11 is 0. The molecule has 1 saturated heterocycles. The summed E-state index contributed by atoms with van der Waals surface area (Å²) in [7, 11) is 0. The summed E-state index contributed by atoms with van der Waals surface area (Å²) in [4.78, 5) is 26.6.